The number of carbonyl (C=O) groups is 1. The van der Waals surface area contributed by atoms with Gasteiger partial charge >= 0.3 is 0 Å². The molecule has 0 radical (unpaired) electrons. The van der Waals surface area contributed by atoms with Gasteiger partial charge in [0.25, 0.3) is 5.91 Å². The van der Waals surface area contributed by atoms with Crippen molar-refractivity contribution in [1.29, 1.82) is 0 Å². The standard InChI is InChI=1S/C21H19ClN2O4S/c1-28-12-13-29(26,27)17-8-5-15(6-9-17)21(25)24-16-7-10-19(22)18(14-16)20-4-2-3-11-23-20/h2-11,14H,12-13H2,1H3,(H,24,25). The lowest BCUT2D eigenvalue weighted by atomic mass is 10.1. The molecule has 0 bridgehead atoms. The molecule has 1 heterocycles. The first-order valence-corrected chi connectivity index (χ1v) is 10.8. The number of methoxy groups -OCH3 is 1. The zero-order valence-electron chi connectivity index (χ0n) is 15.6. The molecule has 2 aromatic carbocycles. The van der Waals surface area contributed by atoms with E-state index < -0.39 is 9.84 Å². The number of amides is 1. The van der Waals surface area contributed by atoms with Gasteiger partial charge in [-0.3, -0.25) is 9.78 Å². The Hall–Kier alpha value is -2.74. The van der Waals surface area contributed by atoms with Crippen LogP contribution in [-0.2, 0) is 14.6 Å². The van der Waals surface area contributed by atoms with Crippen molar-refractivity contribution in [2.24, 2.45) is 0 Å². The zero-order chi connectivity index (χ0) is 20.9. The van der Waals surface area contributed by atoms with Crippen LogP contribution in [0.4, 0.5) is 5.69 Å². The van der Waals surface area contributed by atoms with Crippen LogP contribution in [0.25, 0.3) is 11.3 Å². The Kier molecular flexibility index (Phi) is 6.64. The Bertz CT molecular complexity index is 1100. The number of halogens is 1. The molecule has 0 atom stereocenters. The summed E-state index contributed by atoms with van der Waals surface area (Å²) in [4.78, 5) is 17.0. The molecule has 8 heteroatoms. The number of sulfone groups is 1. The topological polar surface area (TPSA) is 85.4 Å². The number of anilines is 1. The van der Waals surface area contributed by atoms with E-state index >= 15 is 0 Å². The molecule has 0 fully saturated rings. The summed E-state index contributed by atoms with van der Waals surface area (Å²) in [5, 5.41) is 3.31. The van der Waals surface area contributed by atoms with Gasteiger partial charge < -0.3 is 10.1 Å². The van der Waals surface area contributed by atoms with Gasteiger partial charge in [0.1, 0.15) is 0 Å². The van der Waals surface area contributed by atoms with E-state index in [-0.39, 0.29) is 23.2 Å². The highest BCUT2D eigenvalue weighted by Crippen LogP contribution is 2.29. The summed E-state index contributed by atoms with van der Waals surface area (Å²) in [7, 11) is -2.00. The summed E-state index contributed by atoms with van der Waals surface area (Å²) < 4.78 is 29.2. The molecule has 3 aromatic rings. The highest BCUT2D eigenvalue weighted by atomic mass is 35.5. The Morgan fingerprint density at radius 1 is 1.10 bits per heavy atom. The normalized spacial score (nSPS) is 11.2. The molecule has 0 aliphatic carbocycles. The number of benzene rings is 2. The van der Waals surface area contributed by atoms with Crippen molar-refractivity contribution in [2.45, 2.75) is 4.90 Å². The van der Waals surface area contributed by atoms with Crippen molar-refractivity contribution in [2.75, 3.05) is 24.8 Å². The first-order valence-electron chi connectivity index (χ1n) is 8.75. The Labute approximate surface area is 174 Å². The second-order valence-corrected chi connectivity index (χ2v) is 8.72. The van der Waals surface area contributed by atoms with Gasteiger partial charge in [0.2, 0.25) is 0 Å². The van der Waals surface area contributed by atoms with Gasteiger partial charge in [-0.25, -0.2) is 8.42 Å². The molecule has 0 saturated heterocycles. The van der Waals surface area contributed by atoms with Crippen molar-refractivity contribution in [3.63, 3.8) is 0 Å². The predicted molar refractivity (Wildman–Crippen MR) is 113 cm³/mol. The monoisotopic (exact) mass is 430 g/mol. The molecule has 1 N–H and O–H groups in total. The number of nitrogens with one attached hydrogen (secondary N) is 1. The summed E-state index contributed by atoms with van der Waals surface area (Å²) in [6, 6.07) is 16.4. The lowest BCUT2D eigenvalue weighted by molar-refractivity contribution is 0.102. The molecular weight excluding hydrogens is 412 g/mol. The van der Waals surface area contributed by atoms with E-state index in [2.05, 4.69) is 10.3 Å². The lowest BCUT2D eigenvalue weighted by Gasteiger charge is -2.10. The molecule has 0 unspecified atom stereocenters. The van der Waals surface area contributed by atoms with Gasteiger partial charge in [0.05, 0.1) is 28.0 Å². The van der Waals surface area contributed by atoms with Gasteiger partial charge in [0.15, 0.2) is 9.84 Å². The van der Waals surface area contributed by atoms with E-state index in [0.29, 0.717) is 27.5 Å². The minimum atomic E-state index is -3.44. The van der Waals surface area contributed by atoms with Gasteiger partial charge in [0, 0.05) is 30.1 Å². The maximum atomic E-state index is 12.6. The number of rotatable bonds is 7. The summed E-state index contributed by atoms with van der Waals surface area (Å²) in [5.41, 5.74) is 2.28. The van der Waals surface area contributed by atoms with Gasteiger partial charge in [-0.15, -0.1) is 0 Å². The molecule has 0 saturated carbocycles. The average Bonchev–Trinajstić information content (AvgIpc) is 2.74. The Morgan fingerprint density at radius 3 is 2.52 bits per heavy atom. The van der Waals surface area contributed by atoms with Crippen molar-refractivity contribution < 1.29 is 17.9 Å². The van der Waals surface area contributed by atoms with Crippen molar-refractivity contribution in [3.8, 4) is 11.3 Å². The van der Waals surface area contributed by atoms with E-state index in [1.165, 1.54) is 31.4 Å². The molecule has 0 aliphatic heterocycles. The first kappa shape index (κ1) is 21.0. The minimum absolute atomic E-state index is 0.111. The fraction of sp³-hybridized carbons (Fsp3) is 0.143. The van der Waals surface area contributed by atoms with E-state index in [4.69, 9.17) is 16.3 Å². The summed E-state index contributed by atoms with van der Waals surface area (Å²) in [6.07, 6.45) is 1.67. The zero-order valence-corrected chi connectivity index (χ0v) is 17.2. The number of hydrogen-bond donors (Lipinski definition) is 1. The van der Waals surface area contributed by atoms with E-state index in [0.717, 1.165) is 0 Å². The fourth-order valence-electron chi connectivity index (χ4n) is 2.65. The van der Waals surface area contributed by atoms with Crippen molar-refractivity contribution >= 4 is 33.0 Å². The number of pyridine rings is 1. The van der Waals surface area contributed by atoms with Crippen LogP contribution < -0.4 is 5.32 Å². The summed E-state index contributed by atoms with van der Waals surface area (Å²) >= 11 is 6.26. The molecule has 1 aromatic heterocycles. The van der Waals surface area contributed by atoms with Gasteiger partial charge in [-0.1, -0.05) is 17.7 Å². The van der Waals surface area contributed by atoms with Crippen LogP contribution in [0.1, 0.15) is 10.4 Å². The number of carbonyl (C=O) groups excluding carboxylic acids is 1. The van der Waals surface area contributed by atoms with Gasteiger partial charge in [-0.2, -0.15) is 0 Å². The van der Waals surface area contributed by atoms with E-state index in [1.807, 2.05) is 18.2 Å². The Morgan fingerprint density at radius 2 is 1.86 bits per heavy atom. The average molecular weight is 431 g/mol. The molecule has 3 rings (SSSR count). The second kappa shape index (κ2) is 9.17. The molecule has 0 spiro atoms. The van der Waals surface area contributed by atoms with Crippen LogP contribution >= 0.6 is 11.6 Å². The SMILES string of the molecule is COCCS(=O)(=O)c1ccc(C(=O)Nc2ccc(Cl)c(-c3ccccn3)c2)cc1. The summed E-state index contributed by atoms with van der Waals surface area (Å²) in [5.74, 6) is -0.476. The van der Waals surface area contributed by atoms with Crippen molar-refractivity contribution in [3.05, 3.63) is 77.4 Å². The maximum Gasteiger partial charge on any atom is 0.255 e. The number of aromatic nitrogens is 1. The van der Waals surface area contributed by atoms with Crippen molar-refractivity contribution in [1.82, 2.24) is 4.98 Å². The maximum absolute atomic E-state index is 12.6. The highest BCUT2D eigenvalue weighted by molar-refractivity contribution is 7.91. The predicted octanol–water partition coefficient (Wildman–Crippen LogP) is 4.07. The van der Waals surface area contributed by atoms with E-state index in [9.17, 15) is 13.2 Å². The number of hydrogen-bond acceptors (Lipinski definition) is 5. The second-order valence-electron chi connectivity index (χ2n) is 6.20. The van der Waals surface area contributed by atoms with E-state index in [1.54, 1.807) is 24.4 Å². The molecule has 150 valence electrons. The Balaban J connectivity index is 1.77. The third kappa shape index (κ3) is 5.20. The first-order chi connectivity index (χ1) is 13.9. The van der Waals surface area contributed by atoms with Crippen LogP contribution in [0.2, 0.25) is 5.02 Å². The van der Waals surface area contributed by atoms with Crippen LogP contribution in [0, 0.1) is 0 Å². The highest BCUT2D eigenvalue weighted by Gasteiger charge is 2.15. The lowest BCUT2D eigenvalue weighted by Crippen LogP contribution is -2.14. The molecule has 6 nitrogen and oxygen atoms in total. The third-order valence-corrected chi connectivity index (χ3v) is 6.22. The third-order valence-electron chi connectivity index (χ3n) is 4.20. The smallest absolute Gasteiger partial charge is 0.255 e. The van der Waals surface area contributed by atoms with Crippen LogP contribution in [-0.4, -0.2) is 38.8 Å². The molecular formula is C21H19ClN2O4S. The molecule has 29 heavy (non-hydrogen) atoms. The molecule has 0 aliphatic rings. The van der Waals surface area contributed by atoms with Crippen LogP contribution in [0.15, 0.2) is 71.8 Å². The van der Waals surface area contributed by atoms with Crippen LogP contribution in [0.3, 0.4) is 0 Å². The largest absolute Gasteiger partial charge is 0.384 e. The van der Waals surface area contributed by atoms with Gasteiger partial charge in [-0.05, 0) is 54.6 Å². The minimum Gasteiger partial charge on any atom is -0.384 e. The van der Waals surface area contributed by atoms with Crippen LogP contribution in [0.5, 0.6) is 0 Å². The summed E-state index contributed by atoms with van der Waals surface area (Å²) in [6.45, 7) is 0.111. The fourth-order valence-corrected chi connectivity index (χ4v) is 4.04. The number of ether oxygens (including phenoxy) is 1. The quantitative estimate of drug-likeness (QED) is 0.610. The molecule has 1 amide bonds. The number of nitrogens with zero attached hydrogens (tertiary/aromatic N) is 1.